The van der Waals surface area contributed by atoms with Gasteiger partial charge >= 0.3 is 0 Å². The van der Waals surface area contributed by atoms with E-state index in [1.807, 2.05) is 0 Å². The molecule has 0 radical (unpaired) electrons. The molecule has 0 aliphatic rings. The first kappa shape index (κ1) is 9.17. The maximum Gasteiger partial charge on any atom is 0.277 e. The maximum absolute atomic E-state index is 10.7. The van der Waals surface area contributed by atoms with Crippen LogP contribution >= 0.6 is 0 Å². The SMILES string of the molecule is CN(Cc1ncc[nH]1)S(N)(=O)=O. The van der Waals surface area contributed by atoms with Crippen LogP contribution in [0.15, 0.2) is 12.4 Å². The number of rotatable bonds is 3. The number of nitrogens with one attached hydrogen (secondary N) is 1. The van der Waals surface area contributed by atoms with Gasteiger partial charge in [-0.2, -0.15) is 12.7 Å². The molecule has 12 heavy (non-hydrogen) atoms. The van der Waals surface area contributed by atoms with Crippen LogP contribution in [0.2, 0.25) is 0 Å². The van der Waals surface area contributed by atoms with Gasteiger partial charge in [0.15, 0.2) is 0 Å². The predicted octanol–water partition coefficient (Wildman–Crippen LogP) is -0.955. The number of aromatic nitrogens is 2. The molecule has 1 rings (SSSR count). The van der Waals surface area contributed by atoms with Gasteiger partial charge in [-0.05, 0) is 0 Å². The van der Waals surface area contributed by atoms with Crippen molar-refractivity contribution < 1.29 is 8.42 Å². The van der Waals surface area contributed by atoms with Gasteiger partial charge < -0.3 is 4.98 Å². The Morgan fingerprint density at radius 3 is 2.83 bits per heavy atom. The maximum atomic E-state index is 10.7. The molecule has 68 valence electrons. The summed E-state index contributed by atoms with van der Waals surface area (Å²) >= 11 is 0. The third-order valence-electron chi connectivity index (χ3n) is 1.36. The van der Waals surface area contributed by atoms with Gasteiger partial charge in [0.2, 0.25) is 0 Å². The first-order valence-corrected chi connectivity index (χ1v) is 4.73. The summed E-state index contributed by atoms with van der Waals surface area (Å²) in [6.07, 6.45) is 3.17. The average molecular weight is 190 g/mol. The third kappa shape index (κ3) is 2.29. The van der Waals surface area contributed by atoms with Crippen molar-refractivity contribution in [2.45, 2.75) is 6.54 Å². The standard InChI is InChI=1S/C5H10N4O2S/c1-9(12(6,10)11)4-5-7-2-3-8-5/h2-3H,4H2,1H3,(H,7,8)(H2,6,10,11). The van der Waals surface area contributed by atoms with Crippen molar-refractivity contribution >= 4 is 10.2 Å². The molecular weight excluding hydrogens is 180 g/mol. The van der Waals surface area contributed by atoms with Crippen molar-refractivity contribution in [3.05, 3.63) is 18.2 Å². The van der Waals surface area contributed by atoms with E-state index in [9.17, 15) is 8.42 Å². The molecule has 1 heterocycles. The Labute approximate surface area is 70.6 Å². The van der Waals surface area contributed by atoms with E-state index in [4.69, 9.17) is 5.14 Å². The zero-order chi connectivity index (χ0) is 9.19. The Kier molecular flexibility index (Phi) is 2.46. The highest BCUT2D eigenvalue weighted by molar-refractivity contribution is 7.86. The minimum absolute atomic E-state index is 0.159. The molecule has 0 bridgehead atoms. The lowest BCUT2D eigenvalue weighted by Crippen LogP contribution is -2.33. The van der Waals surface area contributed by atoms with E-state index in [0.29, 0.717) is 5.82 Å². The highest BCUT2D eigenvalue weighted by Crippen LogP contribution is 1.97. The molecule has 1 aromatic heterocycles. The van der Waals surface area contributed by atoms with E-state index in [-0.39, 0.29) is 6.54 Å². The Morgan fingerprint density at radius 2 is 2.42 bits per heavy atom. The number of nitrogens with zero attached hydrogens (tertiary/aromatic N) is 2. The second kappa shape index (κ2) is 3.21. The number of aromatic amines is 1. The van der Waals surface area contributed by atoms with Crippen LogP contribution in [0.5, 0.6) is 0 Å². The number of hydrogen-bond donors (Lipinski definition) is 2. The highest BCUT2D eigenvalue weighted by Gasteiger charge is 2.12. The van der Waals surface area contributed by atoms with Gasteiger partial charge in [0, 0.05) is 19.4 Å². The van der Waals surface area contributed by atoms with E-state index in [0.717, 1.165) is 4.31 Å². The number of hydrogen-bond acceptors (Lipinski definition) is 3. The zero-order valence-corrected chi connectivity index (χ0v) is 7.37. The Balaban J connectivity index is 2.66. The molecule has 0 saturated carbocycles. The fourth-order valence-electron chi connectivity index (χ4n) is 0.685. The van der Waals surface area contributed by atoms with Crippen LogP contribution in [0, 0.1) is 0 Å². The molecule has 0 unspecified atom stereocenters. The van der Waals surface area contributed by atoms with Crippen molar-refractivity contribution in [3.63, 3.8) is 0 Å². The monoisotopic (exact) mass is 190 g/mol. The molecule has 0 fully saturated rings. The first-order valence-electron chi connectivity index (χ1n) is 3.22. The lowest BCUT2D eigenvalue weighted by Gasteiger charge is -2.10. The molecule has 0 aliphatic carbocycles. The first-order chi connectivity index (χ1) is 5.50. The van der Waals surface area contributed by atoms with Crippen LogP contribution in [-0.4, -0.2) is 29.7 Å². The number of nitrogens with two attached hydrogens (primary N) is 1. The summed E-state index contributed by atoms with van der Waals surface area (Å²) in [6.45, 7) is 0.159. The van der Waals surface area contributed by atoms with E-state index in [2.05, 4.69) is 9.97 Å². The highest BCUT2D eigenvalue weighted by atomic mass is 32.2. The summed E-state index contributed by atoms with van der Waals surface area (Å²) in [6, 6.07) is 0. The van der Waals surface area contributed by atoms with Crippen LogP contribution in [0.25, 0.3) is 0 Å². The molecule has 0 amide bonds. The summed E-state index contributed by atoms with van der Waals surface area (Å²) in [5.41, 5.74) is 0. The smallest absolute Gasteiger partial charge is 0.277 e. The fraction of sp³-hybridized carbons (Fsp3) is 0.400. The second-order valence-corrected chi connectivity index (χ2v) is 3.99. The third-order valence-corrected chi connectivity index (χ3v) is 2.36. The van der Waals surface area contributed by atoms with Gasteiger partial charge in [0.05, 0.1) is 6.54 Å². The van der Waals surface area contributed by atoms with Crippen LogP contribution in [0.3, 0.4) is 0 Å². The normalized spacial score (nSPS) is 12.2. The van der Waals surface area contributed by atoms with Gasteiger partial charge in [0.25, 0.3) is 10.2 Å². The molecular formula is C5H10N4O2S. The molecule has 6 nitrogen and oxygen atoms in total. The molecule has 0 spiro atoms. The van der Waals surface area contributed by atoms with Gasteiger partial charge in [-0.3, -0.25) is 0 Å². The van der Waals surface area contributed by atoms with Crippen LogP contribution < -0.4 is 5.14 Å². The Bertz CT molecular complexity index is 330. The Hall–Kier alpha value is -0.920. The van der Waals surface area contributed by atoms with Gasteiger partial charge in [-0.15, -0.1) is 0 Å². The molecule has 3 N–H and O–H groups in total. The molecule has 7 heteroatoms. The van der Waals surface area contributed by atoms with Crippen molar-refractivity contribution in [1.29, 1.82) is 0 Å². The predicted molar refractivity (Wildman–Crippen MR) is 43.2 cm³/mol. The molecule has 0 aliphatic heterocycles. The van der Waals surface area contributed by atoms with Crippen molar-refractivity contribution in [1.82, 2.24) is 14.3 Å². The summed E-state index contributed by atoms with van der Waals surface area (Å²) < 4.78 is 22.4. The van der Waals surface area contributed by atoms with Crippen molar-refractivity contribution in [2.75, 3.05) is 7.05 Å². The molecule has 0 aromatic carbocycles. The van der Waals surface area contributed by atoms with E-state index in [1.54, 1.807) is 12.4 Å². The van der Waals surface area contributed by atoms with Gasteiger partial charge in [-0.25, -0.2) is 10.1 Å². The van der Waals surface area contributed by atoms with Crippen LogP contribution in [-0.2, 0) is 16.8 Å². The molecule has 0 atom stereocenters. The lowest BCUT2D eigenvalue weighted by molar-refractivity contribution is 0.459. The minimum atomic E-state index is -3.61. The fourth-order valence-corrected chi connectivity index (χ4v) is 0.988. The molecule has 0 saturated heterocycles. The second-order valence-electron chi connectivity index (χ2n) is 2.34. The number of imidazole rings is 1. The average Bonchev–Trinajstić information content (AvgIpc) is 2.37. The largest absolute Gasteiger partial charge is 0.347 e. The number of H-pyrrole nitrogens is 1. The van der Waals surface area contributed by atoms with E-state index >= 15 is 0 Å². The van der Waals surface area contributed by atoms with Gasteiger partial charge in [0.1, 0.15) is 5.82 Å². The van der Waals surface area contributed by atoms with Gasteiger partial charge in [-0.1, -0.05) is 0 Å². The zero-order valence-electron chi connectivity index (χ0n) is 6.56. The summed E-state index contributed by atoms with van der Waals surface area (Å²) in [4.78, 5) is 6.62. The topological polar surface area (TPSA) is 92.1 Å². The quantitative estimate of drug-likeness (QED) is 0.643. The van der Waals surface area contributed by atoms with Crippen molar-refractivity contribution in [3.8, 4) is 0 Å². The van der Waals surface area contributed by atoms with Crippen LogP contribution in [0.4, 0.5) is 0 Å². The Morgan fingerprint density at radius 1 is 1.75 bits per heavy atom. The van der Waals surface area contributed by atoms with Crippen molar-refractivity contribution in [2.24, 2.45) is 5.14 Å². The van der Waals surface area contributed by atoms with Crippen LogP contribution in [0.1, 0.15) is 5.82 Å². The summed E-state index contributed by atoms with van der Waals surface area (Å²) in [5.74, 6) is 0.562. The molecule has 1 aromatic rings. The van der Waals surface area contributed by atoms with E-state index in [1.165, 1.54) is 7.05 Å². The lowest BCUT2D eigenvalue weighted by atomic mass is 10.6. The summed E-state index contributed by atoms with van der Waals surface area (Å²) in [5, 5.41) is 4.85. The minimum Gasteiger partial charge on any atom is -0.347 e. The summed E-state index contributed by atoms with van der Waals surface area (Å²) in [7, 11) is -2.22. The van der Waals surface area contributed by atoms with E-state index < -0.39 is 10.2 Å².